The third-order valence-electron chi connectivity index (χ3n) is 1.62. The van der Waals surface area contributed by atoms with Crippen molar-refractivity contribution < 1.29 is 4.79 Å². The van der Waals surface area contributed by atoms with Gasteiger partial charge in [0.15, 0.2) is 0 Å². The lowest BCUT2D eigenvalue weighted by molar-refractivity contribution is -0.137. The molecule has 0 aromatic heterocycles. The molecule has 76 valence electrons. The number of nitrogens with one attached hydrogen (secondary N) is 1. The Bertz CT molecular complexity index is 215. The molecule has 1 atom stereocenters. The molecule has 5 N–H and O–H groups in total. The number of nitrogens with two attached hydrogens (primary N) is 2. The monoisotopic (exact) mass is 207 g/mol. The van der Waals surface area contributed by atoms with E-state index in [4.69, 9.17) is 11.5 Å². The normalized spacial score (nSPS) is 22.1. The third kappa shape index (κ3) is 3.08. The van der Waals surface area contributed by atoms with Crippen LogP contribution in [0.25, 0.3) is 0 Å². The van der Waals surface area contributed by atoms with Crippen molar-refractivity contribution >= 4 is 24.3 Å². The van der Waals surface area contributed by atoms with Crippen molar-refractivity contribution in [2.45, 2.75) is 6.92 Å². The highest BCUT2D eigenvalue weighted by Gasteiger charge is 2.24. The van der Waals surface area contributed by atoms with Crippen LogP contribution in [0.4, 0.5) is 0 Å². The van der Waals surface area contributed by atoms with Crippen molar-refractivity contribution in [3.05, 3.63) is 0 Å². The van der Waals surface area contributed by atoms with Crippen LogP contribution in [0, 0.1) is 5.92 Å². The summed E-state index contributed by atoms with van der Waals surface area (Å²) in [5.74, 6) is -0.219. The molecule has 1 heterocycles. The lowest BCUT2D eigenvalue weighted by atomic mass is 10.1. The molecular weight excluding hydrogens is 194 g/mol. The number of hydrogen-bond donors (Lipinski definition) is 3. The molecule has 1 aliphatic heterocycles. The van der Waals surface area contributed by atoms with Gasteiger partial charge >= 0.3 is 0 Å². The van der Waals surface area contributed by atoms with E-state index in [1.54, 1.807) is 0 Å². The van der Waals surface area contributed by atoms with Gasteiger partial charge in [-0.05, 0) is 0 Å². The number of hydrogen-bond acceptors (Lipinski definition) is 3. The Morgan fingerprint density at radius 1 is 1.69 bits per heavy atom. The third-order valence-corrected chi connectivity index (χ3v) is 1.62. The summed E-state index contributed by atoms with van der Waals surface area (Å²) in [7, 11) is 0. The zero-order chi connectivity index (χ0) is 9.14. The van der Waals surface area contributed by atoms with E-state index in [1.165, 1.54) is 5.01 Å². The molecule has 6 nitrogen and oxygen atoms in total. The molecule has 1 amide bonds. The molecule has 0 aliphatic carbocycles. The van der Waals surface area contributed by atoms with Gasteiger partial charge in [-0.15, -0.1) is 17.5 Å². The second-order valence-corrected chi connectivity index (χ2v) is 2.78. The fourth-order valence-electron chi connectivity index (χ4n) is 1.03. The summed E-state index contributed by atoms with van der Waals surface area (Å²) in [6, 6.07) is 0. The van der Waals surface area contributed by atoms with Crippen LogP contribution >= 0.6 is 12.4 Å². The molecule has 0 aromatic rings. The summed E-state index contributed by atoms with van der Waals surface area (Å²) < 4.78 is 0. The van der Waals surface area contributed by atoms with Crippen LogP contribution in [0.2, 0.25) is 0 Å². The highest BCUT2D eigenvalue weighted by molar-refractivity contribution is 5.85. The first-order chi connectivity index (χ1) is 5.61. The number of carbonyl (C=O) groups is 1. The summed E-state index contributed by atoms with van der Waals surface area (Å²) in [5.41, 5.74) is 10.3. The zero-order valence-electron chi connectivity index (χ0n) is 7.36. The van der Waals surface area contributed by atoms with Crippen LogP contribution in [0.15, 0.2) is 5.10 Å². The summed E-state index contributed by atoms with van der Waals surface area (Å²) in [6.07, 6.45) is 0. The van der Waals surface area contributed by atoms with Crippen molar-refractivity contribution in [2.24, 2.45) is 22.5 Å². The molecular formula is C6H14ClN5O. The molecule has 0 spiro atoms. The first-order valence-corrected chi connectivity index (χ1v) is 3.73. The molecule has 1 rings (SSSR count). The average Bonchev–Trinajstić information content (AvgIpc) is 1.98. The Morgan fingerprint density at radius 3 is 2.85 bits per heavy atom. The van der Waals surface area contributed by atoms with Gasteiger partial charge in [0, 0.05) is 12.5 Å². The van der Waals surface area contributed by atoms with Crippen molar-refractivity contribution in [1.29, 1.82) is 0 Å². The summed E-state index contributed by atoms with van der Waals surface area (Å²) in [6.45, 7) is 2.88. The van der Waals surface area contributed by atoms with Crippen LogP contribution in [-0.4, -0.2) is 30.1 Å². The predicted molar refractivity (Wildman–Crippen MR) is 51.9 cm³/mol. The van der Waals surface area contributed by atoms with Gasteiger partial charge in [0.2, 0.25) is 11.9 Å². The van der Waals surface area contributed by atoms with Crippen LogP contribution in [0.3, 0.4) is 0 Å². The van der Waals surface area contributed by atoms with E-state index >= 15 is 0 Å². The van der Waals surface area contributed by atoms with Crippen LogP contribution in [0.1, 0.15) is 6.92 Å². The van der Waals surface area contributed by atoms with Gasteiger partial charge in [-0.25, -0.2) is 5.01 Å². The fourth-order valence-corrected chi connectivity index (χ4v) is 1.03. The fraction of sp³-hybridized carbons (Fsp3) is 0.667. The van der Waals surface area contributed by atoms with E-state index in [0.29, 0.717) is 13.2 Å². The van der Waals surface area contributed by atoms with Gasteiger partial charge in [-0.2, -0.15) is 0 Å². The Morgan fingerprint density at radius 2 is 2.31 bits per heavy atom. The van der Waals surface area contributed by atoms with Crippen molar-refractivity contribution in [3.8, 4) is 0 Å². The smallest absolute Gasteiger partial charge is 0.248 e. The zero-order valence-corrected chi connectivity index (χ0v) is 8.17. The number of halogens is 1. The van der Waals surface area contributed by atoms with Gasteiger partial charge in [0.05, 0.1) is 6.67 Å². The van der Waals surface area contributed by atoms with E-state index < -0.39 is 0 Å². The molecule has 0 aromatic carbocycles. The number of guanidine groups is 1. The Labute approximate surface area is 82.7 Å². The van der Waals surface area contributed by atoms with E-state index in [9.17, 15) is 4.79 Å². The quantitative estimate of drug-likeness (QED) is 0.365. The van der Waals surface area contributed by atoms with Gasteiger partial charge in [-0.1, -0.05) is 6.92 Å². The van der Waals surface area contributed by atoms with Crippen LogP contribution < -0.4 is 16.8 Å². The molecule has 7 heteroatoms. The van der Waals surface area contributed by atoms with E-state index in [2.05, 4.69) is 10.4 Å². The van der Waals surface area contributed by atoms with Gasteiger partial charge in [-0.3, -0.25) is 10.1 Å². The van der Waals surface area contributed by atoms with Crippen LogP contribution in [-0.2, 0) is 4.79 Å². The minimum atomic E-state index is -0.0979. The number of nitrogens with zero attached hydrogens (tertiary/aromatic N) is 2. The van der Waals surface area contributed by atoms with Crippen molar-refractivity contribution in [3.63, 3.8) is 0 Å². The molecule has 1 unspecified atom stereocenters. The molecule has 13 heavy (non-hydrogen) atoms. The standard InChI is InChI=1S/C6H13N5O.ClH/c1-4-2-9-3-11(5(4)12)10-6(7)8;/h4,9H,2-3H2,1H3,(H4,7,8,10);1H. The topological polar surface area (TPSA) is 96.7 Å². The highest BCUT2D eigenvalue weighted by atomic mass is 35.5. The number of rotatable bonds is 1. The maximum atomic E-state index is 11.3. The largest absolute Gasteiger partial charge is 0.369 e. The molecule has 0 saturated carbocycles. The molecule has 1 aliphatic rings. The number of carbonyl (C=O) groups excluding carboxylic acids is 1. The Balaban J connectivity index is 0.00000144. The SMILES string of the molecule is CC1CNCN(N=C(N)N)C1=O.Cl. The first kappa shape index (κ1) is 12.0. The lowest BCUT2D eigenvalue weighted by Crippen LogP contribution is -2.49. The van der Waals surface area contributed by atoms with Crippen LogP contribution in [0.5, 0.6) is 0 Å². The Hall–Kier alpha value is -1.01. The number of amides is 1. The second-order valence-electron chi connectivity index (χ2n) is 2.78. The molecule has 1 saturated heterocycles. The minimum absolute atomic E-state index is 0. The van der Waals surface area contributed by atoms with Gasteiger partial charge in [0.25, 0.3) is 0 Å². The maximum absolute atomic E-state index is 11.3. The molecule has 1 fully saturated rings. The number of hydrazone groups is 1. The van der Waals surface area contributed by atoms with Gasteiger partial charge in [0.1, 0.15) is 0 Å². The Kier molecular flexibility index (Phi) is 4.50. The summed E-state index contributed by atoms with van der Waals surface area (Å²) >= 11 is 0. The van der Waals surface area contributed by atoms with Crippen molar-refractivity contribution in [2.75, 3.05) is 13.2 Å². The first-order valence-electron chi connectivity index (χ1n) is 3.73. The summed E-state index contributed by atoms with van der Waals surface area (Å²) in [4.78, 5) is 11.3. The maximum Gasteiger partial charge on any atom is 0.248 e. The van der Waals surface area contributed by atoms with Gasteiger partial charge < -0.3 is 11.5 Å². The average molecular weight is 208 g/mol. The van der Waals surface area contributed by atoms with E-state index in [-0.39, 0.29) is 30.2 Å². The van der Waals surface area contributed by atoms with Crippen molar-refractivity contribution in [1.82, 2.24) is 10.3 Å². The van der Waals surface area contributed by atoms with E-state index in [0.717, 1.165) is 0 Å². The highest BCUT2D eigenvalue weighted by Crippen LogP contribution is 2.05. The summed E-state index contributed by atoms with van der Waals surface area (Å²) in [5, 5.41) is 7.91. The predicted octanol–water partition coefficient (Wildman–Crippen LogP) is -1.38. The lowest BCUT2D eigenvalue weighted by Gasteiger charge is -2.26. The van der Waals surface area contributed by atoms with E-state index in [1.807, 2.05) is 6.92 Å². The second kappa shape index (κ2) is 4.88. The molecule has 0 radical (unpaired) electrons. The minimum Gasteiger partial charge on any atom is -0.369 e. The molecule has 0 bridgehead atoms.